The van der Waals surface area contributed by atoms with Gasteiger partial charge in [-0.3, -0.25) is 0 Å². The minimum atomic E-state index is 0. The first kappa shape index (κ1) is 12.8. The molecule has 0 atom stereocenters. The SMILES string of the molecule is [Br-].[CH]1CCCCCC1.[Zn]. The number of halogens is 1. The maximum Gasteiger partial charge on any atom is 0 e. The van der Waals surface area contributed by atoms with Gasteiger partial charge in [0.1, 0.15) is 0 Å². The van der Waals surface area contributed by atoms with Crippen molar-refractivity contribution in [3.8, 4) is 0 Å². The van der Waals surface area contributed by atoms with Gasteiger partial charge in [0.25, 0.3) is 0 Å². The Hall–Kier alpha value is 1.10. The average Bonchev–Trinajstić information content (AvgIpc) is 1.90. The van der Waals surface area contributed by atoms with Crippen molar-refractivity contribution in [2.45, 2.75) is 38.5 Å². The van der Waals surface area contributed by atoms with Crippen molar-refractivity contribution in [3.63, 3.8) is 0 Å². The van der Waals surface area contributed by atoms with Gasteiger partial charge < -0.3 is 17.0 Å². The van der Waals surface area contributed by atoms with Crippen LogP contribution >= 0.6 is 0 Å². The van der Waals surface area contributed by atoms with Crippen LogP contribution in [0.4, 0.5) is 0 Å². The standard InChI is InChI=1S/C7H13.BrH.Zn/c1-2-4-6-7-5-3-1;;/h1H,2-7H2;1H;/p-1. The van der Waals surface area contributed by atoms with Gasteiger partial charge in [0.15, 0.2) is 0 Å². The van der Waals surface area contributed by atoms with E-state index < -0.39 is 0 Å². The Morgan fingerprint density at radius 2 is 1.22 bits per heavy atom. The van der Waals surface area contributed by atoms with Crippen molar-refractivity contribution < 1.29 is 36.5 Å². The van der Waals surface area contributed by atoms with E-state index in [1.54, 1.807) is 0 Å². The first-order chi connectivity index (χ1) is 3.50. The first-order valence-electron chi connectivity index (χ1n) is 3.32. The van der Waals surface area contributed by atoms with E-state index in [4.69, 9.17) is 0 Å². The minimum absolute atomic E-state index is 0. The van der Waals surface area contributed by atoms with Crippen LogP contribution in [0.1, 0.15) is 38.5 Å². The summed E-state index contributed by atoms with van der Waals surface area (Å²) in [5, 5.41) is 0. The van der Waals surface area contributed by atoms with Gasteiger partial charge in [-0.1, -0.05) is 38.5 Å². The molecule has 1 aliphatic rings. The molecule has 1 rings (SSSR count). The summed E-state index contributed by atoms with van der Waals surface area (Å²) in [5.74, 6) is 0. The van der Waals surface area contributed by atoms with Crippen LogP contribution < -0.4 is 17.0 Å². The molecule has 0 heterocycles. The van der Waals surface area contributed by atoms with Gasteiger partial charge in [0, 0.05) is 19.5 Å². The predicted octanol–water partition coefficient (Wildman–Crippen LogP) is -0.454. The zero-order valence-corrected chi connectivity index (χ0v) is 10.5. The third-order valence-electron chi connectivity index (χ3n) is 1.57. The van der Waals surface area contributed by atoms with E-state index in [1.807, 2.05) is 0 Å². The Balaban J connectivity index is 0. The van der Waals surface area contributed by atoms with Crippen molar-refractivity contribution in [2.75, 3.05) is 0 Å². The molecule has 0 N–H and O–H groups in total. The normalized spacial score (nSPS) is 18.7. The van der Waals surface area contributed by atoms with Crippen LogP contribution in [0, 0.1) is 6.42 Å². The van der Waals surface area contributed by atoms with E-state index in [2.05, 4.69) is 6.42 Å². The molecule has 0 bridgehead atoms. The Morgan fingerprint density at radius 3 is 1.67 bits per heavy atom. The summed E-state index contributed by atoms with van der Waals surface area (Å²) >= 11 is 0. The summed E-state index contributed by atoms with van der Waals surface area (Å²) in [7, 11) is 0. The molecule has 1 aliphatic carbocycles. The first-order valence-corrected chi connectivity index (χ1v) is 3.32. The summed E-state index contributed by atoms with van der Waals surface area (Å²) in [5.41, 5.74) is 0. The second kappa shape index (κ2) is 9.10. The quantitative estimate of drug-likeness (QED) is 0.399. The monoisotopic (exact) mass is 240 g/mol. The van der Waals surface area contributed by atoms with Crippen LogP contribution in [0.25, 0.3) is 0 Å². The second-order valence-electron chi connectivity index (χ2n) is 2.28. The van der Waals surface area contributed by atoms with E-state index in [-0.39, 0.29) is 36.5 Å². The van der Waals surface area contributed by atoms with Crippen molar-refractivity contribution in [1.29, 1.82) is 0 Å². The molecule has 0 aromatic heterocycles. The van der Waals surface area contributed by atoms with E-state index in [9.17, 15) is 0 Å². The molecule has 0 aromatic rings. The topological polar surface area (TPSA) is 0 Å². The Morgan fingerprint density at radius 1 is 0.778 bits per heavy atom. The van der Waals surface area contributed by atoms with Gasteiger partial charge in [0.05, 0.1) is 0 Å². The summed E-state index contributed by atoms with van der Waals surface area (Å²) in [4.78, 5) is 0. The van der Waals surface area contributed by atoms with Gasteiger partial charge >= 0.3 is 0 Å². The molecule has 0 aliphatic heterocycles. The van der Waals surface area contributed by atoms with Crippen molar-refractivity contribution in [2.24, 2.45) is 0 Å². The molecular weight excluding hydrogens is 229 g/mol. The molecule has 1 fully saturated rings. The molecule has 0 nitrogen and oxygen atoms in total. The number of hydrogen-bond acceptors (Lipinski definition) is 0. The van der Waals surface area contributed by atoms with Crippen LogP contribution in [-0.4, -0.2) is 0 Å². The zero-order valence-electron chi connectivity index (χ0n) is 5.91. The molecule has 1 radical (unpaired) electrons. The minimum Gasteiger partial charge on any atom is -1.00 e. The molecule has 0 saturated heterocycles. The summed E-state index contributed by atoms with van der Waals surface area (Å²) < 4.78 is 0. The largest absolute Gasteiger partial charge is 1.00 e. The van der Waals surface area contributed by atoms with Crippen LogP contribution in [0.3, 0.4) is 0 Å². The van der Waals surface area contributed by atoms with Crippen LogP contribution in [0.5, 0.6) is 0 Å². The predicted molar refractivity (Wildman–Crippen MR) is 32.0 cm³/mol. The second-order valence-corrected chi connectivity index (χ2v) is 2.28. The molecule has 51 valence electrons. The van der Waals surface area contributed by atoms with E-state index >= 15 is 0 Å². The Kier molecular flexibility index (Phi) is 12.9. The molecule has 0 unspecified atom stereocenters. The van der Waals surface area contributed by atoms with Crippen molar-refractivity contribution in [3.05, 3.63) is 6.42 Å². The maximum atomic E-state index is 2.42. The van der Waals surface area contributed by atoms with E-state index in [1.165, 1.54) is 38.5 Å². The molecule has 2 heteroatoms. The van der Waals surface area contributed by atoms with Crippen molar-refractivity contribution in [1.82, 2.24) is 0 Å². The fourth-order valence-electron chi connectivity index (χ4n) is 1.08. The summed E-state index contributed by atoms with van der Waals surface area (Å²) in [6.07, 6.45) is 11.0. The molecular formula is C7H13BrZn-. The molecule has 9 heavy (non-hydrogen) atoms. The van der Waals surface area contributed by atoms with Gasteiger partial charge in [0.2, 0.25) is 0 Å². The summed E-state index contributed by atoms with van der Waals surface area (Å²) in [6, 6.07) is 0. The Labute approximate surface area is 81.3 Å². The van der Waals surface area contributed by atoms with Crippen LogP contribution in [0.15, 0.2) is 0 Å². The van der Waals surface area contributed by atoms with Gasteiger partial charge in [-0.15, -0.1) is 0 Å². The molecule has 0 amide bonds. The number of rotatable bonds is 0. The molecule has 1 saturated carbocycles. The fourth-order valence-corrected chi connectivity index (χ4v) is 1.08. The van der Waals surface area contributed by atoms with Crippen LogP contribution in [-0.2, 0) is 19.5 Å². The van der Waals surface area contributed by atoms with Gasteiger partial charge in [-0.25, -0.2) is 0 Å². The zero-order chi connectivity index (χ0) is 4.95. The molecule has 0 spiro atoms. The fraction of sp³-hybridized carbons (Fsp3) is 0.857. The average molecular weight is 242 g/mol. The Bertz CT molecular complexity index is 28.5. The smallest absolute Gasteiger partial charge is 0 e. The third kappa shape index (κ3) is 7.00. The van der Waals surface area contributed by atoms with Crippen LogP contribution in [0.2, 0.25) is 0 Å². The third-order valence-corrected chi connectivity index (χ3v) is 1.57. The van der Waals surface area contributed by atoms with Crippen molar-refractivity contribution >= 4 is 0 Å². The van der Waals surface area contributed by atoms with E-state index in [0.717, 1.165) is 0 Å². The maximum absolute atomic E-state index is 2.42. The summed E-state index contributed by atoms with van der Waals surface area (Å²) in [6.45, 7) is 0. The van der Waals surface area contributed by atoms with E-state index in [0.29, 0.717) is 0 Å². The van der Waals surface area contributed by atoms with Gasteiger partial charge in [-0.2, -0.15) is 0 Å². The molecule has 0 aromatic carbocycles. The van der Waals surface area contributed by atoms with Gasteiger partial charge in [-0.05, 0) is 6.42 Å². The number of hydrogen-bond donors (Lipinski definition) is 0.